The number of nitrogens with zero attached hydrogens (tertiary/aromatic N) is 3. The molecule has 2 fully saturated rings. The summed E-state index contributed by atoms with van der Waals surface area (Å²) in [5.74, 6) is 0.301. The first kappa shape index (κ1) is 17.2. The summed E-state index contributed by atoms with van der Waals surface area (Å²) in [6.45, 7) is 4.42. The van der Waals surface area contributed by atoms with E-state index >= 15 is 0 Å². The summed E-state index contributed by atoms with van der Waals surface area (Å²) < 4.78 is 2.21. The van der Waals surface area contributed by atoms with Crippen LogP contribution in [0.25, 0.3) is 0 Å². The molecule has 0 bridgehead atoms. The Morgan fingerprint density at radius 3 is 2.54 bits per heavy atom. The van der Waals surface area contributed by atoms with Gasteiger partial charge < -0.3 is 9.47 Å². The summed E-state index contributed by atoms with van der Waals surface area (Å²) in [6.07, 6.45) is 4.98. The van der Waals surface area contributed by atoms with E-state index in [1.54, 1.807) is 6.92 Å². The van der Waals surface area contributed by atoms with Gasteiger partial charge in [0.05, 0.1) is 10.6 Å². The normalized spacial score (nSPS) is 18.5. The standard InChI is InChI=1S/C20H23N3O2S/c1-13-19(14(2)24)26-20(23(13)17-10-11-17)21-15-6-8-16(9-7-15)22-12-4-3-5-18(22)25/h6-9,17H,3-5,10-12H2,1-2H3/b21-20+. The molecular weight excluding hydrogens is 346 g/mol. The molecule has 2 aromatic rings. The van der Waals surface area contributed by atoms with E-state index in [1.165, 1.54) is 11.3 Å². The highest BCUT2D eigenvalue weighted by Gasteiger charge is 2.28. The maximum absolute atomic E-state index is 12.1. The first-order valence-electron chi connectivity index (χ1n) is 9.22. The second-order valence-corrected chi connectivity index (χ2v) is 8.06. The first-order valence-corrected chi connectivity index (χ1v) is 10.0. The molecule has 0 atom stereocenters. The van der Waals surface area contributed by atoms with Crippen LogP contribution in [0.1, 0.15) is 60.4 Å². The summed E-state index contributed by atoms with van der Waals surface area (Å²) in [5.41, 5.74) is 2.82. The first-order chi connectivity index (χ1) is 12.5. The number of carbonyl (C=O) groups excluding carboxylic acids is 2. The highest BCUT2D eigenvalue weighted by Crippen LogP contribution is 2.36. The van der Waals surface area contributed by atoms with Gasteiger partial charge in [-0.1, -0.05) is 11.3 Å². The second kappa shape index (κ2) is 6.83. The number of thiazole rings is 1. The summed E-state index contributed by atoms with van der Waals surface area (Å²) >= 11 is 1.47. The van der Waals surface area contributed by atoms with Gasteiger partial charge in [-0.15, -0.1) is 0 Å². The maximum Gasteiger partial charge on any atom is 0.226 e. The van der Waals surface area contributed by atoms with Crippen LogP contribution >= 0.6 is 11.3 Å². The molecule has 2 aliphatic rings. The number of carbonyl (C=O) groups is 2. The Morgan fingerprint density at radius 1 is 1.19 bits per heavy atom. The fourth-order valence-electron chi connectivity index (χ4n) is 3.53. The van der Waals surface area contributed by atoms with Crippen molar-refractivity contribution in [3.63, 3.8) is 0 Å². The van der Waals surface area contributed by atoms with Crippen LogP contribution < -0.4 is 9.70 Å². The molecule has 0 unspecified atom stereocenters. The van der Waals surface area contributed by atoms with Gasteiger partial charge in [0.1, 0.15) is 0 Å². The van der Waals surface area contributed by atoms with E-state index in [4.69, 9.17) is 4.99 Å². The van der Waals surface area contributed by atoms with Crippen molar-refractivity contribution >= 4 is 34.4 Å². The van der Waals surface area contributed by atoms with Crippen LogP contribution in [-0.2, 0) is 4.79 Å². The van der Waals surface area contributed by atoms with Crippen LogP contribution in [0.15, 0.2) is 29.3 Å². The molecule has 0 radical (unpaired) electrons. The Morgan fingerprint density at radius 2 is 1.92 bits per heavy atom. The van der Waals surface area contributed by atoms with E-state index in [2.05, 4.69) is 4.57 Å². The Hall–Kier alpha value is -2.21. The van der Waals surface area contributed by atoms with Gasteiger partial charge in [-0.05, 0) is 56.9 Å². The van der Waals surface area contributed by atoms with Gasteiger partial charge in [-0.2, -0.15) is 0 Å². The quantitative estimate of drug-likeness (QED) is 0.761. The fourth-order valence-corrected chi connectivity index (χ4v) is 4.64. The Balaban J connectivity index is 1.67. The molecule has 5 nitrogen and oxygen atoms in total. The zero-order valence-electron chi connectivity index (χ0n) is 15.2. The molecule has 1 aromatic heterocycles. The summed E-state index contributed by atoms with van der Waals surface area (Å²) in [6, 6.07) is 8.32. The molecule has 6 heteroatoms. The van der Waals surface area contributed by atoms with Crippen molar-refractivity contribution in [2.75, 3.05) is 11.4 Å². The van der Waals surface area contributed by atoms with E-state index in [0.29, 0.717) is 12.5 Å². The van der Waals surface area contributed by atoms with Crippen LogP contribution in [0.4, 0.5) is 11.4 Å². The average molecular weight is 369 g/mol. The van der Waals surface area contributed by atoms with E-state index in [9.17, 15) is 9.59 Å². The molecule has 1 saturated carbocycles. The third-order valence-electron chi connectivity index (χ3n) is 5.03. The van der Waals surface area contributed by atoms with Crippen molar-refractivity contribution in [2.45, 2.75) is 52.0 Å². The average Bonchev–Trinajstić information content (AvgIpc) is 3.40. The number of hydrogen-bond donors (Lipinski definition) is 0. The number of anilines is 1. The van der Waals surface area contributed by atoms with E-state index in [-0.39, 0.29) is 11.7 Å². The molecule has 2 heterocycles. The van der Waals surface area contributed by atoms with Gasteiger partial charge in [0.25, 0.3) is 0 Å². The third kappa shape index (κ3) is 3.26. The highest BCUT2D eigenvalue weighted by molar-refractivity contribution is 7.11. The van der Waals surface area contributed by atoms with E-state index < -0.39 is 0 Å². The minimum atomic E-state index is 0.0994. The van der Waals surface area contributed by atoms with Crippen molar-refractivity contribution in [3.8, 4) is 0 Å². The van der Waals surface area contributed by atoms with Gasteiger partial charge in [0, 0.05) is 37.3 Å². The molecule has 0 spiro atoms. The Kier molecular flexibility index (Phi) is 4.53. The van der Waals surface area contributed by atoms with Crippen molar-refractivity contribution in [1.82, 2.24) is 4.57 Å². The molecule has 136 valence electrons. The zero-order valence-corrected chi connectivity index (χ0v) is 16.0. The molecule has 4 rings (SSSR count). The van der Waals surface area contributed by atoms with Crippen LogP contribution in [0.2, 0.25) is 0 Å². The number of benzene rings is 1. The largest absolute Gasteiger partial charge is 0.317 e. The van der Waals surface area contributed by atoms with Gasteiger partial charge >= 0.3 is 0 Å². The highest BCUT2D eigenvalue weighted by atomic mass is 32.1. The lowest BCUT2D eigenvalue weighted by atomic mass is 10.1. The maximum atomic E-state index is 12.1. The van der Waals surface area contributed by atoms with Crippen LogP contribution in [-0.4, -0.2) is 22.8 Å². The molecule has 0 N–H and O–H groups in total. The molecule has 26 heavy (non-hydrogen) atoms. The number of Topliss-reactive ketones (excluding diaryl/α,β-unsaturated/α-hetero) is 1. The predicted molar refractivity (Wildman–Crippen MR) is 103 cm³/mol. The lowest BCUT2D eigenvalue weighted by Gasteiger charge is -2.26. The van der Waals surface area contributed by atoms with Gasteiger partial charge in [0.15, 0.2) is 10.6 Å². The van der Waals surface area contributed by atoms with E-state index in [1.807, 2.05) is 36.1 Å². The number of piperidine rings is 1. The van der Waals surface area contributed by atoms with Crippen molar-refractivity contribution < 1.29 is 9.59 Å². The number of ketones is 1. The Labute approximate surface area is 157 Å². The lowest BCUT2D eigenvalue weighted by molar-refractivity contribution is -0.119. The Bertz CT molecular complexity index is 920. The summed E-state index contributed by atoms with van der Waals surface area (Å²) in [7, 11) is 0. The van der Waals surface area contributed by atoms with Crippen LogP contribution in [0, 0.1) is 6.92 Å². The molecular formula is C20H23N3O2S. The topological polar surface area (TPSA) is 54.7 Å². The molecule has 1 saturated heterocycles. The van der Waals surface area contributed by atoms with Crippen LogP contribution in [0.5, 0.6) is 0 Å². The van der Waals surface area contributed by atoms with Gasteiger partial charge in [0.2, 0.25) is 5.91 Å². The van der Waals surface area contributed by atoms with Crippen molar-refractivity contribution in [1.29, 1.82) is 0 Å². The minimum absolute atomic E-state index is 0.0994. The smallest absolute Gasteiger partial charge is 0.226 e. The third-order valence-corrected chi connectivity index (χ3v) is 6.29. The van der Waals surface area contributed by atoms with Crippen LogP contribution in [0.3, 0.4) is 0 Å². The SMILES string of the molecule is CC(=O)c1s/c(=N/c2ccc(N3CCCCC3=O)cc2)n(C2CC2)c1C. The molecule has 1 aliphatic carbocycles. The predicted octanol–water partition coefficient (Wildman–Crippen LogP) is 4.14. The molecule has 1 aliphatic heterocycles. The fraction of sp³-hybridized carbons (Fsp3) is 0.450. The minimum Gasteiger partial charge on any atom is -0.317 e. The number of rotatable bonds is 4. The second-order valence-electron chi connectivity index (χ2n) is 7.09. The van der Waals surface area contributed by atoms with Gasteiger partial charge in [-0.3, -0.25) is 9.59 Å². The number of hydrogen-bond acceptors (Lipinski definition) is 4. The van der Waals surface area contributed by atoms with E-state index in [0.717, 1.165) is 59.0 Å². The molecule has 1 aromatic carbocycles. The monoisotopic (exact) mass is 369 g/mol. The van der Waals surface area contributed by atoms with Gasteiger partial charge in [-0.25, -0.2) is 4.99 Å². The van der Waals surface area contributed by atoms with Crippen molar-refractivity contribution in [2.24, 2.45) is 4.99 Å². The number of amides is 1. The van der Waals surface area contributed by atoms with Crippen molar-refractivity contribution in [3.05, 3.63) is 39.6 Å². The summed E-state index contributed by atoms with van der Waals surface area (Å²) in [4.78, 5) is 32.3. The molecule has 1 amide bonds. The number of aromatic nitrogens is 1. The lowest BCUT2D eigenvalue weighted by Crippen LogP contribution is -2.35. The summed E-state index contributed by atoms with van der Waals surface area (Å²) in [5, 5.41) is 0. The zero-order chi connectivity index (χ0) is 18.3.